The molecule has 2 amide bonds. The van der Waals surface area contributed by atoms with Crippen molar-refractivity contribution in [2.45, 2.75) is 12.7 Å². The molecule has 204 valence electrons. The Hall–Kier alpha value is -3.09. The van der Waals surface area contributed by atoms with Crippen LogP contribution in [-0.2, 0) is 12.7 Å². The molecular weight excluding hydrogens is 536 g/mol. The summed E-state index contributed by atoms with van der Waals surface area (Å²) in [5, 5.41) is 2.85. The number of nitrogens with zero attached hydrogens (tertiary/aromatic N) is 3. The summed E-state index contributed by atoms with van der Waals surface area (Å²) in [5.74, 6) is 0.898. The number of hydrogen-bond donors (Lipinski definition) is 1. The maximum Gasteiger partial charge on any atom is 0.416 e. The van der Waals surface area contributed by atoms with Crippen LogP contribution in [-0.4, -0.2) is 57.9 Å². The number of aromatic nitrogens is 1. The van der Waals surface area contributed by atoms with Crippen molar-refractivity contribution in [1.82, 2.24) is 14.8 Å². The Kier molecular flexibility index (Phi) is 14.0. The highest BCUT2D eigenvalue weighted by molar-refractivity contribution is 5.89. The van der Waals surface area contributed by atoms with Crippen molar-refractivity contribution in [3.8, 4) is 11.5 Å². The molecule has 2 heterocycles. The van der Waals surface area contributed by atoms with Crippen molar-refractivity contribution in [3.05, 3.63) is 84.2 Å². The minimum Gasteiger partial charge on any atom is -0.457 e. The van der Waals surface area contributed by atoms with E-state index < -0.39 is 11.7 Å². The first kappa shape index (κ1) is 33.9. The van der Waals surface area contributed by atoms with E-state index >= 15 is 0 Å². The van der Waals surface area contributed by atoms with Gasteiger partial charge < -0.3 is 25.9 Å². The van der Waals surface area contributed by atoms with Crippen LogP contribution >= 0.6 is 24.8 Å². The fraction of sp³-hybridized carbons (Fsp3) is 0.250. The van der Waals surface area contributed by atoms with Crippen molar-refractivity contribution in [2.75, 3.05) is 31.5 Å². The zero-order valence-corrected chi connectivity index (χ0v) is 21.2. The van der Waals surface area contributed by atoms with E-state index in [0.717, 1.165) is 30.8 Å². The number of amides is 2. The summed E-state index contributed by atoms with van der Waals surface area (Å²) in [4.78, 5) is 20.4. The van der Waals surface area contributed by atoms with Crippen molar-refractivity contribution in [1.29, 1.82) is 0 Å². The third-order valence-electron chi connectivity index (χ3n) is 5.29. The molecule has 13 heteroatoms. The second-order valence-electron chi connectivity index (χ2n) is 7.71. The molecule has 1 aliphatic rings. The Bertz CT molecular complexity index is 1090. The van der Waals surface area contributed by atoms with Crippen LogP contribution in [0.2, 0.25) is 0 Å². The topological polar surface area (TPSA) is 121 Å². The van der Waals surface area contributed by atoms with Gasteiger partial charge in [0, 0.05) is 38.9 Å². The lowest BCUT2D eigenvalue weighted by molar-refractivity contribution is -0.137. The molecule has 1 fully saturated rings. The molecule has 0 radical (unpaired) electrons. The smallest absolute Gasteiger partial charge is 0.416 e. The van der Waals surface area contributed by atoms with Crippen molar-refractivity contribution < 1.29 is 33.7 Å². The maximum absolute atomic E-state index is 12.7. The third-order valence-corrected chi connectivity index (χ3v) is 5.29. The van der Waals surface area contributed by atoms with E-state index in [4.69, 9.17) is 4.74 Å². The van der Waals surface area contributed by atoms with Gasteiger partial charge in [-0.15, -0.1) is 24.8 Å². The lowest BCUT2D eigenvalue weighted by Gasteiger charge is -2.34. The minimum atomic E-state index is -4.37. The van der Waals surface area contributed by atoms with E-state index in [1.54, 1.807) is 35.5 Å². The average molecular weight is 565 g/mol. The monoisotopic (exact) mass is 564 g/mol. The number of urea groups is 1. The van der Waals surface area contributed by atoms with E-state index in [9.17, 15) is 18.0 Å². The van der Waals surface area contributed by atoms with Gasteiger partial charge in [-0.25, -0.2) is 4.79 Å². The van der Waals surface area contributed by atoms with Crippen LogP contribution in [0.25, 0.3) is 0 Å². The Morgan fingerprint density at radius 2 is 1.59 bits per heavy atom. The molecule has 1 aliphatic heterocycles. The summed E-state index contributed by atoms with van der Waals surface area (Å²) in [6, 6.07) is 15.5. The van der Waals surface area contributed by atoms with Gasteiger partial charge in [-0.2, -0.15) is 13.2 Å². The summed E-state index contributed by atoms with van der Waals surface area (Å²) in [5.41, 5.74) is 0.972. The minimum absolute atomic E-state index is 0. The lowest BCUT2D eigenvalue weighted by Crippen LogP contribution is -2.49. The molecule has 37 heavy (non-hydrogen) atoms. The second-order valence-corrected chi connectivity index (χ2v) is 7.71. The standard InChI is InChI=1S/C24H23F3N4O2.2ClH.2H2O/c25-24(26,27)19-6-8-21(9-7-19)33-22-5-1-3-18(15-22)17-30-11-13-31(14-12-30)23(32)29-20-4-2-10-28-16-20;;;;/h1-10,15-16H,11-14,17H2,(H,29,32);2*1H;2*1H2. The van der Waals surface area contributed by atoms with Gasteiger partial charge in [0.2, 0.25) is 0 Å². The van der Waals surface area contributed by atoms with E-state index in [-0.39, 0.29) is 41.8 Å². The number of nitrogens with one attached hydrogen (secondary N) is 1. The lowest BCUT2D eigenvalue weighted by atomic mass is 10.2. The van der Waals surface area contributed by atoms with Crippen LogP contribution in [0.3, 0.4) is 0 Å². The number of alkyl halides is 3. The number of benzene rings is 2. The molecule has 2 aromatic carbocycles. The molecule has 8 nitrogen and oxygen atoms in total. The first-order valence-corrected chi connectivity index (χ1v) is 10.5. The van der Waals surface area contributed by atoms with Gasteiger partial charge in [0.1, 0.15) is 11.5 Å². The van der Waals surface area contributed by atoms with Crippen molar-refractivity contribution in [2.24, 2.45) is 0 Å². The third kappa shape index (κ3) is 9.71. The highest BCUT2D eigenvalue weighted by Crippen LogP contribution is 2.31. The number of anilines is 1. The molecule has 0 saturated carbocycles. The summed E-state index contributed by atoms with van der Waals surface area (Å²) in [7, 11) is 0. The molecule has 3 aromatic rings. The van der Waals surface area contributed by atoms with Gasteiger partial charge in [-0.3, -0.25) is 9.88 Å². The largest absolute Gasteiger partial charge is 0.457 e. The highest BCUT2D eigenvalue weighted by atomic mass is 35.5. The SMILES string of the molecule is Cl.Cl.O.O.O=C(Nc1cccnc1)N1CCN(Cc2cccc(Oc3ccc(C(F)(F)F)cc3)c2)CC1. The molecule has 1 aromatic heterocycles. The Morgan fingerprint density at radius 1 is 0.919 bits per heavy atom. The Morgan fingerprint density at radius 3 is 2.19 bits per heavy atom. The average Bonchev–Trinajstić information content (AvgIpc) is 2.80. The van der Waals surface area contributed by atoms with Gasteiger partial charge in [0.05, 0.1) is 17.4 Å². The molecule has 0 unspecified atom stereocenters. The van der Waals surface area contributed by atoms with Crippen LogP contribution in [0.5, 0.6) is 11.5 Å². The van der Waals surface area contributed by atoms with Gasteiger partial charge in [-0.05, 0) is 54.1 Å². The molecule has 0 aliphatic carbocycles. The van der Waals surface area contributed by atoms with E-state index in [1.165, 1.54) is 12.1 Å². The van der Waals surface area contributed by atoms with Crippen LogP contribution in [0.1, 0.15) is 11.1 Å². The van der Waals surface area contributed by atoms with Crippen molar-refractivity contribution in [3.63, 3.8) is 0 Å². The van der Waals surface area contributed by atoms with E-state index in [2.05, 4.69) is 15.2 Å². The highest BCUT2D eigenvalue weighted by Gasteiger charge is 2.30. The fourth-order valence-electron chi connectivity index (χ4n) is 3.56. The summed E-state index contributed by atoms with van der Waals surface area (Å²) < 4.78 is 43.9. The summed E-state index contributed by atoms with van der Waals surface area (Å²) >= 11 is 0. The quantitative estimate of drug-likeness (QED) is 0.492. The van der Waals surface area contributed by atoms with Gasteiger partial charge in [0.25, 0.3) is 0 Å². The molecule has 0 bridgehead atoms. The number of carbonyl (C=O) groups excluding carboxylic acids is 1. The van der Waals surface area contributed by atoms with Gasteiger partial charge in [0.15, 0.2) is 0 Å². The van der Waals surface area contributed by atoms with E-state index in [0.29, 0.717) is 36.8 Å². The number of pyridine rings is 1. The number of ether oxygens (including phenoxy) is 1. The predicted octanol–water partition coefficient (Wildman–Crippen LogP) is 4.44. The number of carbonyl (C=O) groups is 1. The Balaban J connectivity index is 0.00000324. The summed E-state index contributed by atoms with van der Waals surface area (Å²) in [6.07, 6.45) is -1.12. The van der Waals surface area contributed by atoms with Crippen LogP contribution in [0.15, 0.2) is 73.1 Å². The number of hydrogen-bond acceptors (Lipinski definition) is 4. The second kappa shape index (κ2) is 15.2. The number of rotatable bonds is 5. The predicted molar refractivity (Wildman–Crippen MR) is 140 cm³/mol. The first-order chi connectivity index (χ1) is 15.9. The first-order valence-electron chi connectivity index (χ1n) is 10.5. The zero-order valence-electron chi connectivity index (χ0n) is 19.6. The zero-order chi connectivity index (χ0) is 23.3. The van der Waals surface area contributed by atoms with Crippen LogP contribution in [0, 0.1) is 0 Å². The maximum atomic E-state index is 12.7. The summed E-state index contributed by atoms with van der Waals surface area (Å²) in [6.45, 7) is 3.35. The van der Waals surface area contributed by atoms with Crippen LogP contribution in [0.4, 0.5) is 23.7 Å². The van der Waals surface area contributed by atoms with Crippen LogP contribution < -0.4 is 10.1 Å². The fourth-order valence-corrected chi connectivity index (χ4v) is 3.56. The molecule has 0 atom stereocenters. The molecule has 1 saturated heterocycles. The van der Waals surface area contributed by atoms with Gasteiger partial charge >= 0.3 is 12.2 Å². The number of piperazine rings is 1. The molecule has 5 N–H and O–H groups in total. The normalized spacial score (nSPS) is 13.1. The Labute approximate surface area is 224 Å². The molecule has 4 rings (SSSR count). The molecule has 0 spiro atoms. The molecular formula is C24H29Cl2F3N4O4. The number of halogens is 5. The van der Waals surface area contributed by atoms with E-state index in [1.807, 2.05) is 18.2 Å². The van der Waals surface area contributed by atoms with Gasteiger partial charge in [-0.1, -0.05) is 12.1 Å². The van der Waals surface area contributed by atoms with Crippen molar-refractivity contribution >= 4 is 36.5 Å².